The first-order valence-corrected chi connectivity index (χ1v) is 13.0. The highest BCUT2D eigenvalue weighted by molar-refractivity contribution is 5.90. The van der Waals surface area contributed by atoms with Gasteiger partial charge in [0.25, 0.3) is 0 Å². The van der Waals surface area contributed by atoms with Crippen LogP contribution in [0.4, 0.5) is 0 Å². The summed E-state index contributed by atoms with van der Waals surface area (Å²) >= 11 is 0. The van der Waals surface area contributed by atoms with Crippen LogP contribution in [0.25, 0.3) is 0 Å². The third kappa shape index (κ3) is 2.83. The lowest BCUT2D eigenvalue weighted by molar-refractivity contribution is -0.237. The predicted octanol–water partition coefficient (Wildman–Crippen LogP) is 3.99. The number of hydrogen-bond acceptors (Lipinski definition) is 5. The van der Waals surface area contributed by atoms with Gasteiger partial charge >= 0.3 is 5.97 Å². The number of likely N-dealkylation sites (N-methyl/N-ethyl adjacent to an activating group) is 1. The number of carboxylic acids is 1. The lowest BCUT2D eigenvalue weighted by Crippen LogP contribution is -2.64. The number of aliphatic carboxylic acids is 1. The molecule has 1 N–H and O–H groups in total. The molecule has 0 aromatic carbocycles. The van der Waals surface area contributed by atoms with Crippen LogP contribution in [-0.4, -0.2) is 61.4 Å². The second-order valence-electron chi connectivity index (χ2n) is 12.1. The zero-order chi connectivity index (χ0) is 23.8. The number of morpholine rings is 1. The molecule has 184 valence electrons. The topological polar surface area (TPSA) is 76.1 Å². The molecule has 6 heteroatoms. The first kappa shape index (κ1) is 23.5. The molecule has 0 aromatic rings. The van der Waals surface area contributed by atoms with E-state index in [1.807, 2.05) is 0 Å². The summed E-state index contributed by atoms with van der Waals surface area (Å²) < 4.78 is 12.7. The highest BCUT2D eigenvalue weighted by Crippen LogP contribution is 2.82. The van der Waals surface area contributed by atoms with Crippen LogP contribution in [0.15, 0.2) is 11.6 Å². The Bertz CT molecular complexity index is 855. The molecule has 1 unspecified atom stereocenters. The molecule has 4 aliphatic carbocycles. The van der Waals surface area contributed by atoms with Gasteiger partial charge in [0.2, 0.25) is 0 Å². The highest BCUT2D eigenvalue weighted by atomic mass is 16.7. The molecule has 0 aromatic heterocycles. The number of carboxylic acid groups (broad SMARTS) is 1. The minimum Gasteiger partial charge on any atom is -0.481 e. The summed E-state index contributed by atoms with van der Waals surface area (Å²) in [7, 11) is 2.08. The van der Waals surface area contributed by atoms with Gasteiger partial charge in [0.05, 0.1) is 18.1 Å². The molecular formula is C27H41NO5. The molecule has 3 saturated carbocycles. The van der Waals surface area contributed by atoms with Crippen molar-refractivity contribution in [3.8, 4) is 0 Å². The Morgan fingerprint density at radius 3 is 2.73 bits per heavy atom. The zero-order valence-electron chi connectivity index (χ0n) is 20.9. The highest BCUT2D eigenvalue weighted by Gasteiger charge is 2.84. The molecular weight excluding hydrogens is 418 g/mol. The van der Waals surface area contributed by atoms with E-state index in [9.17, 15) is 14.7 Å². The zero-order valence-corrected chi connectivity index (χ0v) is 20.9. The minimum atomic E-state index is -1.17. The molecule has 5 rings (SSSR count). The van der Waals surface area contributed by atoms with E-state index in [1.54, 1.807) is 0 Å². The maximum absolute atomic E-state index is 13.5. The van der Waals surface area contributed by atoms with Gasteiger partial charge in [0, 0.05) is 18.5 Å². The summed E-state index contributed by atoms with van der Waals surface area (Å²) in [5.41, 5.74) is -1.62. The molecule has 4 bridgehead atoms. The fourth-order valence-corrected chi connectivity index (χ4v) is 9.17. The summed E-state index contributed by atoms with van der Waals surface area (Å²) in [6, 6.07) is 0. The molecule has 1 heterocycles. The van der Waals surface area contributed by atoms with E-state index in [4.69, 9.17) is 9.47 Å². The van der Waals surface area contributed by atoms with E-state index >= 15 is 0 Å². The Morgan fingerprint density at radius 2 is 2.09 bits per heavy atom. The van der Waals surface area contributed by atoms with Crippen molar-refractivity contribution in [1.82, 2.24) is 4.90 Å². The van der Waals surface area contributed by atoms with Crippen LogP contribution in [0.2, 0.25) is 0 Å². The van der Waals surface area contributed by atoms with Gasteiger partial charge in [0.1, 0.15) is 11.7 Å². The number of carbonyl (C=O) groups is 2. The monoisotopic (exact) mass is 459 g/mol. The molecule has 1 aliphatic heterocycles. The quantitative estimate of drug-likeness (QED) is 0.458. The van der Waals surface area contributed by atoms with Gasteiger partial charge in [-0.05, 0) is 62.3 Å². The molecule has 0 radical (unpaired) electrons. The Hall–Kier alpha value is -1.24. The molecule has 0 amide bonds. The SMILES string of the molecule is CCC1CN(C)C[C@H](OC[C@@]23C[C@@H]4[C@H](C)CC[C@H]4[C@]4(C=O)C[C@@H]2C=C(C(C)C)[C@@]34C(=O)O)O1. The van der Waals surface area contributed by atoms with Gasteiger partial charge in [-0.3, -0.25) is 9.69 Å². The van der Waals surface area contributed by atoms with Crippen molar-refractivity contribution in [2.75, 3.05) is 26.7 Å². The van der Waals surface area contributed by atoms with E-state index in [-0.39, 0.29) is 30.1 Å². The molecule has 4 fully saturated rings. The van der Waals surface area contributed by atoms with Crippen molar-refractivity contribution in [1.29, 1.82) is 0 Å². The summed E-state index contributed by atoms with van der Waals surface area (Å²) in [6.45, 7) is 10.5. The van der Waals surface area contributed by atoms with Gasteiger partial charge in [-0.2, -0.15) is 0 Å². The van der Waals surface area contributed by atoms with Gasteiger partial charge < -0.3 is 19.4 Å². The second kappa shape index (κ2) is 7.89. The normalized spacial score (nSPS) is 48.7. The van der Waals surface area contributed by atoms with Crippen LogP contribution in [0, 0.1) is 45.8 Å². The largest absolute Gasteiger partial charge is 0.481 e. The number of nitrogens with zero attached hydrogens (tertiary/aromatic N) is 1. The lowest BCUT2D eigenvalue weighted by atomic mass is 9.43. The van der Waals surface area contributed by atoms with E-state index in [0.717, 1.165) is 44.1 Å². The number of ether oxygens (including phenoxy) is 2. The number of hydrogen-bond donors (Lipinski definition) is 1. The molecule has 5 aliphatic rings. The van der Waals surface area contributed by atoms with Crippen molar-refractivity contribution in [3.63, 3.8) is 0 Å². The summed E-state index contributed by atoms with van der Waals surface area (Å²) in [5, 5.41) is 11.0. The molecule has 9 atom stereocenters. The van der Waals surface area contributed by atoms with E-state index in [2.05, 4.69) is 45.7 Å². The summed E-state index contributed by atoms with van der Waals surface area (Å²) in [4.78, 5) is 28.8. The van der Waals surface area contributed by atoms with Crippen molar-refractivity contribution >= 4 is 12.3 Å². The predicted molar refractivity (Wildman–Crippen MR) is 124 cm³/mol. The lowest BCUT2D eigenvalue weighted by Gasteiger charge is -2.58. The average molecular weight is 460 g/mol. The minimum absolute atomic E-state index is 0.0669. The van der Waals surface area contributed by atoms with Crippen LogP contribution in [0.5, 0.6) is 0 Å². The number of rotatable bonds is 7. The maximum atomic E-state index is 13.5. The van der Waals surface area contributed by atoms with E-state index in [0.29, 0.717) is 31.4 Å². The number of allylic oxidation sites excluding steroid dienone is 1. The maximum Gasteiger partial charge on any atom is 0.315 e. The second-order valence-corrected chi connectivity index (χ2v) is 12.1. The Kier molecular flexibility index (Phi) is 5.62. The Balaban J connectivity index is 1.58. The van der Waals surface area contributed by atoms with Gasteiger partial charge in [-0.1, -0.05) is 45.8 Å². The van der Waals surface area contributed by atoms with E-state index < -0.39 is 22.2 Å². The Morgan fingerprint density at radius 1 is 1.33 bits per heavy atom. The number of fused-ring (bicyclic) bond motifs is 2. The van der Waals surface area contributed by atoms with Crippen LogP contribution in [0.1, 0.15) is 59.8 Å². The summed E-state index contributed by atoms with van der Waals surface area (Å²) in [6.07, 6.45) is 7.53. The fourth-order valence-electron chi connectivity index (χ4n) is 9.17. The first-order valence-electron chi connectivity index (χ1n) is 13.0. The van der Waals surface area contributed by atoms with Crippen LogP contribution < -0.4 is 0 Å². The van der Waals surface area contributed by atoms with Crippen molar-refractivity contribution in [2.45, 2.75) is 72.2 Å². The number of aldehydes is 1. The van der Waals surface area contributed by atoms with Gasteiger partial charge in [-0.15, -0.1) is 0 Å². The van der Waals surface area contributed by atoms with Gasteiger partial charge in [0.15, 0.2) is 6.29 Å². The molecule has 33 heavy (non-hydrogen) atoms. The Labute approximate surface area is 198 Å². The van der Waals surface area contributed by atoms with Crippen molar-refractivity contribution < 1.29 is 24.2 Å². The van der Waals surface area contributed by atoms with Crippen LogP contribution >= 0.6 is 0 Å². The molecule has 1 saturated heterocycles. The summed E-state index contributed by atoms with van der Waals surface area (Å²) in [5.74, 6) is 0.391. The standard InChI is InChI=1S/C27H41NO5/c1-6-19-12-28(5)13-23(33-19)32-15-26-11-20-17(4)7-8-21(20)25(14-29)10-18(26)9-22(16(2)3)27(25,26)24(30)31/h9,14,16-21,23H,6-8,10-13,15H2,1-5H3,(H,30,31)/t17-,18+,19?,20-,21-,23-,25-,26+,27+/m1/s1. The van der Waals surface area contributed by atoms with Crippen LogP contribution in [-0.2, 0) is 19.1 Å². The molecule has 0 spiro atoms. The fraction of sp³-hybridized carbons (Fsp3) is 0.852. The first-order chi connectivity index (χ1) is 15.7. The van der Waals surface area contributed by atoms with E-state index in [1.165, 1.54) is 0 Å². The van der Waals surface area contributed by atoms with Crippen LogP contribution in [0.3, 0.4) is 0 Å². The third-order valence-electron chi connectivity index (χ3n) is 10.4. The smallest absolute Gasteiger partial charge is 0.315 e. The third-order valence-corrected chi connectivity index (χ3v) is 10.4. The molecule has 6 nitrogen and oxygen atoms in total. The van der Waals surface area contributed by atoms with Gasteiger partial charge in [-0.25, -0.2) is 0 Å². The average Bonchev–Trinajstić information content (AvgIpc) is 3.34. The van der Waals surface area contributed by atoms with Crippen molar-refractivity contribution in [3.05, 3.63) is 11.6 Å². The number of carbonyl (C=O) groups excluding carboxylic acids is 1. The van der Waals surface area contributed by atoms with Crippen molar-refractivity contribution in [2.24, 2.45) is 45.8 Å².